The number of unbranched alkanes of at least 4 members (excludes halogenated alkanes) is 4. The first-order chi connectivity index (χ1) is 18.9. The molecule has 0 saturated carbocycles. The van der Waals surface area contributed by atoms with Gasteiger partial charge in [-0.25, -0.2) is 0 Å². The van der Waals surface area contributed by atoms with Crippen molar-refractivity contribution in [1.82, 2.24) is 9.80 Å². The Morgan fingerprint density at radius 2 is 1.57 bits per heavy atom. The van der Waals surface area contributed by atoms with Crippen LogP contribution >= 0.6 is 12.4 Å². The largest absolute Gasteiger partial charge is 0.493 e. The standard InChI is InChI=1S/C31H46N2O6.ClH/c1-7-8-9-10-14-18-29-33(30(34)25-21-27(35-3)28(36-4)22-26(25)39-29)20-15-19-32(2)23-31(37-5,38-6)24-16-12-11-13-17-24;/h11-13,16-17,21-22,29H,7-10,14-15,18-20,23H2,1-6H3;1H. The maximum Gasteiger partial charge on any atom is 0.260 e. The molecule has 3 rings (SSSR count). The first kappa shape index (κ1) is 33.7. The van der Waals surface area contributed by atoms with Gasteiger partial charge in [0.25, 0.3) is 5.91 Å². The molecule has 0 fully saturated rings. The van der Waals surface area contributed by atoms with Crippen LogP contribution in [0.4, 0.5) is 0 Å². The summed E-state index contributed by atoms with van der Waals surface area (Å²) in [5.41, 5.74) is 1.47. The van der Waals surface area contributed by atoms with E-state index in [1.807, 2.05) is 42.3 Å². The van der Waals surface area contributed by atoms with E-state index in [2.05, 4.69) is 11.8 Å². The number of fused-ring (bicyclic) bond motifs is 1. The highest BCUT2D eigenvalue weighted by Gasteiger charge is 2.36. The minimum absolute atomic E-state index is 0. The van der Waals surface area contributed by atoms with Crippen molar-refractivity contribution in [2.24, 2.45) is 0 Å². The summed E-state index contributed by atoms with van der Waals surface area (Å²) in [7, 11) is 8.53. The summed E-state index contributed by atoms with van der Waals surface area (Å²) in [6.45, 7) is 4.10. The molecule has 9 heteroatoms. The fraction of sp³-hybridized carbons (Fsp3) is 0.581. The van der Waals surface area contributed by atoms with Gasteiger partial charge in [-0.15, -0.1) is 12.4 Å². The Bertz CT molecular complexity index is 1030. The summed E-state index contributed by atoms with van der Waals surface area (Å²) in [6, 6.07) is 13.4. The number of methoxy groups -OCH3 is 4. The van der Waals surface area contributed by atoms with Gasteiger partial charge in [0.1, 0.15) is 5.75 Å². The van der Waals surface area contributed by atoms with Crippen LogP contribution < -0.4 is 14.2 Å². The van der Waals surface area contributed by atoms with Gasteiger partial charge in [-0.1, -0.05) is 62.9 Å². The van der Waals surface area contributed by atoms with E-state index in [1.165, 1.54) is 19.3 Å². The molecule has 1 atom stereocenters. The predicted molar refractivity (Wildman–Crippen MR) is 160 cm³/mol. The fourth-order valence-electron chi connectivity index (χ4n) is 5.18. The second-order valence-corrected chi connectivity index (χ2v) is 10.1. The monoisotopic (exact) mass is 578 g/mol. The Labute approximate surface area is 246 Å². The van der Waals surface area contributed by atoms with Gasteiger partial charge in [-0.3, -0.25) is 4.79 Å². The lowest BCUT2D eigenvalue weighted by molar-refractivity contribution is -0.224. The Morgan fingerprint density at radius 3 is 2.20 bits per heavy atom. The first-order valence-corrected chi connectivity index (χ1v) is 14.0. The molecule has 1 unspecified atom stereocenters. The van der Waals surface area contributed by atoms with Crippen molar-refractivity contribution < 1.29 is 28.5 Å². The van der Waals surface area contributed by atoms with Gasteiger partial charge in [0.15, 0.2) is 17.7 Å². The zero-order valence-electron chi connectivity index (χ0n) is 24.9. The zero-order chi connectivity index (χ0) is 28.3. The highest BCUT2D eigenvalue weighted by molar-refractivity contribution is 5.98. The number of ether oxygens (including phenoxy) is 5. The molecule has 40 heavy (non-hydrogen) atoms. The van der Waals surface area contributed by atoms with Gasteiger partial charge < -0.3 is 33.5 Å². The molecule has 2 aromatic carbocycles. The average molecular weight is 579 g/mol. The Balaban J connectivity index is 0.00000560. The van der Waals surface area contributed by atoms with Crippen molar-refractivity contribution in [2.75, 3.05) is 55.1 Å². The summed E-state index contributed by atoms with van der Waals surface area (Å²) in [5.74, 6) is 0.722. The molecule has 1 amide bonds. The van der Waals surface area contributed by atoms with Gasteiger partial charge >= 0.3 is 0 Å². The normalized spacial score (nSPS) is 14.9. The molecule has 0 aromatic heterocycles. The van der Waals surface area contributed by atoms with Crippen LogP contribution in [0.1, 0.15) is 67.8 Å². The van der Waals surface area contributed by atoms with Gasteiger partial charge in [-0.05, 0) is 26.4 Å². The highest BCUT2D eigenvalue weighted by Crippen LogP contribution is 2.39. The van der Waals surface area contributed by atoms with Gasteiger partial charge in [-0.2, -0.15) is 0 Å². The van der Waals surface area contributed by atoms with Crippen molar-refractivity contribution in [2.45, 2.75) is 63.9 Å². The number of hydrogen-bond acceptors (Lipinski definition) is 7. The number of carbonyl (C=O) groups is 1. The lowest BCUT2D eigenvalue weighted by Crippen LogP contribution is -2.48. The number of nitrogens with zero attached hydrogens (tertiary/aromatic N) is 2. The molecule has 0 bridgehead atoms. The second-order valence-electron chi connectivity index (χ2n) is 10.1. The van der Waals surface area contributed by atoms with E-state index in [9.17, 15) is 4.79 Å². The molecule has 8 nitrogen and oxygen atoms in total. The smallest absolute Gasteiger partial charge is 0.260 e. The van der Waals surface area contributed by atoms with Crippen LogP contribution in [-0.4, -0.2) is 77.1 Å². The second kappa shape index (κ2) is 16.7. The van der Waals surface area contributed by atoms with E-state index in [0.717, 1.165) is 37.8 Å². The third-order valence-corrected chi connectivity index (χ3v) is 7.43. The van der Waals surface area contributed by atoms with Crippen LogP contribution in [0.5, 0.6) is 17.2 Å². The molecule has 224 valence electrons. The van der Waals surface area contributed by atoms with Crippen LogP contribution in [0.25, 0.3) is 0 Å². The quantitative estimate of drug-likeness (QED) is 0.166. The molecule has 1 aliphatic heterocycles. The Hall–Kier alpha value is -2.52. The minimum atomic E-state index is -0.865. The minimum Gasteiger partial charge on any atom is -0.493 e. The van der Waals surface area contributed by atoms with Crippen molar-refractivity contribution in [3.8, 4) is 17.2 Å². The molecule has 0 radical (unpaired) electrons. The third-order valence-electron chi connectivity index (χ3n) is 7.43. The summed E-state index contributed by atoms with van der Waals surface area (Å²) in [5, 5.41) is 0. The van der Waals surface area contributed by atoms with Gasteiger partial charge in [0.05, 0.1) is 26.3 Å². The number of carbonyl (C=O) groups excluding carboxylic acids is 1. The summed E-state index contributed by atoms with van der Waals surface area (Å²) in [6.07, 6.45) is 7.04. The predicted octanol–water partition coefficient (Wildman–Crippen LogP) is 6.11. The number of likely N-dealkylation sites (N-methyl/N-ethyl adjacent to an activating group) is 1. The molecular formula is C31H47ClN2O6. The van der Waals surface area contributed by atoms with Crippen molar-refractivity contribution in [3.05, 3.63) is 53.6 Å². The zero-order valence-corrected chi connectivity index (χ0v) is 25.8. The molecule has 0 saturated heterocycles. The Morgan fingerprint density at radius 1 is 0.925 bits per heavy atom. The number of benzene rings is 2. The molecule has 2 aromatic rings. The van der Waals surface area contributed by atoms with Crippen molar-refractivity contribution >= 4 is 18.3 Å². The third kappa shape index (κ3) is 8.26. The SMILES string of the molecule is CCCCCCCC1Oc2cc(OC)c(OC)cc2C(=O)N1CCCN(C)CC(OC)(OC)c1ccccc1.Cl. The average Bonchev–Trinajstić information content (AvgIpc) is 2.97. The van der Waals surface area contributed by atoms with E-state index >= 15 is 0 Å². The molecule has 0 aliphatic carbocycles. The van der Waals surface area contributed by atoms with Gasteiger partial charge in [0, 0.05) is 44.9 Å². The molecule has 1 heterocycles. The van der Waals surface area contributed by atoms with E-state index in [-0.39, 0.29) is 24.5 Å². The van der Waals surface area contributed by atoms with E-state index in [1.54, 1.807) is 40.6 Å². The first-order valence-electron chi connectivity index (χ1n) is 14.0. The topological polar surface area (TPSA) is 69.7 Å². The lowest BCUT2D eigenvalue weighted by atomic mass is 10.0. The van der Waals surface area contributed by atoms with Crippen molar-refractivity contribution in [3.63, 3.8) is 0 Å². The van der Waals surface area contributed by atoms with E-state index in [0.29, 0.717) is 35.9 Å². The molecular weight excluding hydrogens is 532 g/mol. The van der Waals surface area contributed by atoms with Crippen LogP contribution in [0.15, 0.2) is 42.5 Å². The fourth-order valence-corrected chi connectivity index (χ4v) is 5.18. The Kier molecular flexibility index (Phi) is 14.0. The van der Waals surface area contributed by atoms with Gasteiger partial charge in [0.2, 0.25) is 5.79 Å². The molecule has 0 N–H and O–H groups in total. The van der Waals surface area contributed by atoms with Crippen LogP contribution in [0.2, 0.25) is 0 Å². The maximum atomic E-state index is 13.7. The van der Waals surface area contributed by atoms with Crippen molar-refractivity contribution in [1.29, 1.82) is 0 Å². The van der Waals surface area contributed by atoms with Crippen LogP contribution in [0.3, 0.4) is 0 Å². The van der Waals surface area contributed by atoms with Crippen LogP contribution in [0, 0.1) is 0 Å². The summed E-state index contributed by atoms with van der Waals surface area (Å²) >= 11 is 0. The number of amides is 1. The van der Waals surface area contributed by atoms with E-state index in [4.69, 9.17) is 23.7 Å². The summed E-state index contributed by atoms with van der Waals surface area (Å²) < 4.78 is 29.0. The van der Waals surface area contributed by atoms with Crippen LogP contribution in [-0.2, 0) is 15.3 Å². The molecule has 1 aliphatic rings. The summed E-state index contributed by atoms with van der Waals surface area (Å²) in [4.78, 5) is 17.8. The maximum absolute atomic E-state index is 13.7. The number of halogens is 1. The molecule has 0 spiro atoms. The van der Waals surface area contributed by atoms with E-state index < -0.39 is 5.79 Å². The number of rotatable bonds is 17. The lowest BCUT2D eigenvalue weighted by Gasteiger charge is -2.38. The highest BCUT2D eigenvalue weighted by atomic mass is 35.5. The number of hydrogen-bond donors (Lipinski definition) is 0.